The molecular weight excluding hydrogens is 330 g/mol. The van der Waals surface area contributed by atoms with Crippen molar-refractivity contribution < 1.29 is 4.74 Å². The molecule has 2 aliphatic heterocycles. The van der Waals surface area contributed by atoms with Crippen LogP contribution in [0.1, 0.15) is 64.5 Å². The summed E-state index contributed by atoms with van der Waals surface area (Å²) >= 11 is 0. The van der Waals surface area contributed by atoms with Gasteiger partial charge in [0, 0.05) is 38.2 Å². The minimum atomic E-state index is -0.356. The Morgan fingerprint density at radius 2 is 1.85 bits per heavy atom. The Hall–Kier alpha value is -2.05. The molecule has 2 N–H and O–H groups in total. The van der Waals surface area contributed by atoms with E-state index in [1.807, 2.05) is 25.7 Å². The van der Waals surface area contributed by atoms with Crippen LogP contribution in [-0.2, 0) is 4.74 Å². The van der Waals surface area contributed by atoms with E-state index in [0.717, 1.165) is 63.5 Å². The average molecular weight is 361 g/mol. The van der Waals surface area contributed by atoms with E-state index in [4.69, 9.17) is 15.1 Å². The maximum atomic E-state index is 12.1. The van der Waals surface area contributed by atoms with E-state index in [1.165, 1.54) is 6.42 Å². The third-order valence-corrected chi connectivity index (χ3v) is 5.01. The first-order valence-electron chi connectivity index (χ1n) is 9.70. The molecule has 1 aromatic heterocycles. The molecular formula is C19H31N5O2. The number of aromatic nitrogens is 2. The van der Waals surface area contributed by atoms with Gasteiger partial charge in [-0.2, -0.15) is 0 Å². The molecule has 0 spiro atoms. The molecule has 0 amide bonds. The first-order chi connectivity index (χ1) is 12.3. The summed E-state index contributed by atoms with van der Waals surface area (Å²) < 4.78 is 5.67. The molecule has 3 rings (SSSR count). The number of amidine groups is 1. The first kappa shape index (κ1) is 18.7. The number of ether oxygens (including phenoxy) is 1. The maximum Gasteiger partial charge on any atom is 0.284 e. The van der Waals surface area contributed by atoms with E-state index in [9.17, 15) is 4.79 Å². The van der Waals surface area contributed by atoms with Crippen LogP contribution < -0.4 is 10.5 Å². The summed E-state index contributed by atoms with van der Waals surface area (Å²) in [4.78, 5) is 24.0. The number of anilines is 1. The highest BCUT2D eigenvalue weighted by atomic mass is 16.5. The average Bonchev–Trinajstić information content (AvgIpc) is 2.61. The Bertz CT molecular complexity index is 680. The SMILES string of the molecule is CC(C)(C)OC(=N)N1CCC(c2cc(=O)[nH]c(N3CCCCC3)n2)CC1. The predicted molar refractivity (Wildman–Crippen MR) is 103 cm³/mol. The largest absolute Gasteiger partial charge is 0.460 e. The van der Waals surface area contributed by atoms with Crippen LogP contribution in [0.15, 0.2) is 10.9 Å². The molecule has 7 nitrogen and oxygen atoms in total. The zero-order valence-corrected chi connectivity index (χ0v) is 16.2. The van der Waals surface area contributed by atoms with Gasteiger partial charge in [-0.3, -0.25) is 15.2 Å². The molecule has 26 heavy (non-hydrogen) atoms. The number of nitrogens with one attached hydrogen (secondary N) is 2. The lowest BCUT2D eigenvalue weighted by Gasteiger charge is -2.35. The van der Waals surface area contributed by atoms with Gasteiger partial charge in [0.05, 0.1) is 5.69 Å². The van der Waals surface area contributed by atoms with Crippen molar-refractivity contribution >= 4 is 12.0 Å². The lowest BCUT2D eigenvalue weighted by atomic mass is 9.93. The van der Waals surface area contributed by atoms with Crippen LogP contribution in [0, 0.1) is 5.41 Å². The van der Waals surface area contributed by atoms with Gasteiger partial charge in [0.1, 0.15) is 5.60 Å². The minimum absolute atomic E-state index is 0.0678. The lowest BCUT2D eigenvalue weighted by Crippen LogP contribution is -2.42. The second-order valence-corrected chi connectivity index (χ2v) is 8.32. The molecule has 0 unspecified atom stereocenters. The Balaban J connectivity index is 1.65. The van der Waals surface area contributed by atoms with Crippen molar-refractivity contribution in [2.75, 3.05) is 31.1 Å². The smallest absolute Gasteiger partial charge is 0.284 e. The quantitative estimate of drug-likeness (QED) is 0.625. The third-order valence-electron chi connectivity index (χ3n) is 5.01. The first-order valence-corrected chi connectivity index (χ1v) is 9.70. The van der Waals surface area contributed by atoms with Crippen LogP contribution in [0.4, 0.5) is 5.95 Å². The lowest BCUT2D eigenvalue weighted by molar-refractivity contribution is 0.0794. The van der Waals surface area contributed by atoms with E-state index >= 15 is 0 Å². The van der Waals surface area contributed by atoms with Gasteiger partial charge in [-0.25, -0.2) is 4.98 Å². The highest BCUT2D eigenvalue weighted by molar-refractivity contribution is 5.70. The standard InChI is InChI=1S/C19H31N5O2/c1-19(2,3)26-17(20)23-11-7-14(8-12-23)15-13-16(25)22-18(21-15)24-9-5-4-6-10-24/h13-14,20H,4-12H2,1-3H3,(H,21,22,25). The van der Waals surface area contributed by atoms with Crippen LogP contribution in [0.2, 0.25) is 0 Å². The molecule has 0 atom stereocenters. The second-order valence-electron chi connectivity index (χ2n) is 8.32. The van der Waals surface area contributed by atoms with Crippen molar-refractivity contribution in [1.29, 1.82) is 5.41 Å². The fourth-order valence-electron chi connectivity index (χ4n) is 3.66. The summed E-state index contributed by atoms with van der Waals surface area (Å²) in [7, 11) is 0. The van der Waals surface area contributed by atoms with Crippen molar-refractivity contribution in [3.63, 3.8) is 0 Å². The number of hydrogen-bond donors (Lipinski definition) is 2. The van der Waals surface area contributed by atoms with Crippen molar-refractivity contribution in [2.24, 2.45) is 0 Å². The fourth-order valence-corrected chi connectivity index (χ4v) is 3.66. The molecule has 0 saturated carbocycles. The second kappa shape index (κ2) is 7.68. The highest BCUT2D eigenvalue weighted by Crippen LogP contribution is 2.28. The van der Waals surface area contributed by atoms with Crippen molar-refractivity contribution in [3.8, 4) is 0 Å². The number of likely N-dealkylation sites (tertiary alicyclic amines) is 1. The van der Waals surface area contributed by atoms with Crippen LogP contribution in [0.3, 0.4) is 0 Å². The summed E-state index contributed by atoms with van der Waals surface area (Å²) in [6, 6.07) is 1.88. The summed E-state index contributed by atoms with van der Waals surface area (Å²) in [5, 5.41) is 8.14. The zero-order chi connectivity index (χ0) is 18.7. The summed E-state index contributed by atoms with van der Waals surface area (Å²) in [5.74, 6) is 0.984. The van der Waals surface area contributed by atoms with E-state index < -0.39 is 0 Å². The van der Waals surface area contributed by atoms with Gasteiger partial charge < -0.3 is 14.5 Å². The monoisotopic (exact) mass is 361 g/mol. The topological polar surface area (TPSA) is 85.3 Å². The number of aromatic amines is 1. The van der Waals surface area contributed by atoms with E-state index in [2.05, 4.69) is 9.88 Å². The molecule has 144 valence electrons. The zero-order valence-electron chi connectivity index (χ0n) is 16.2. The third kappa shape index (κ3) is 4.77. The van der Waals surface area contributed by atoms with Crippen LogP contribution in [0.25, 0.3) is 0 Å². The van der Waals surface area contributed by atoms with Crippen LogP contribution in [0.5, 0.6) is 0 Å². The van der Waals surface area contributed by atoms with Crippen molar-refractivity contribution in [3.05, 3.63) is 22.1 Å². The van der Waals surface area contributed by atoms with Gasteiger partial charge in [0.2, 0.25) is 5.95 Å². The number of hydrogen-bond acceptors (Lipinski definition) is 5. The molecule has 2 aliphatic rings. The Morgan fingerprint density at radius 3 is 2.46 bits per heavy atom. The van der Waals surface area contributed by atoms with Gasteiger partial charge in [0.15, 0.2) is 0 Å². The molecule has 0 aromatic carbocycles. The molecule has 0 aliphatic carbocycles. The van der Waals surface area contributed by atoms with E-state index in [1.54, 1.807) is 6.07 Å². The number of rotatable bonds is 2. The number of piperidine rings is 2. The van der Waals surface area contributed by atoms with Crippen molar-refractivity contribution in [2.45, 2.75) is 64.4 Å². The van der Waals surface area contributed by atoms with E-state index in [-0.39, 0.29) is 23.1 Å². The van der Waals surface area contributed by atoms with Crippen LogP contribution >= 0.6 is 0 Å². The molecule has 3 heterocycles. The Labute approximate surface area is 155 Å². The molecule has 2 fully saturated rings. The molecule has 7 heteroatoms. The van der Waals surface area contributed by atoms with Gasteiger partial charge in [-0.15, -0.1) is 0 Å². The normalized spacial score (nSPS) is 19.5. The van der Waals surface area contributed by atoms with Crippen LogP contribution in [-0.4, -0.2) is 52.7 Å². The Morgan fingerprint density at radius 1 is 1.19 bits per heavy atom. The van der Waals surface area contributed by atoms with Gasteiger partial charge in [-0.1, -0.05) is 0 Å². The Kier molecular flexibility index (Phi) is 5.53. The molecule has 0 radical (unpaired) electrons. The fraction of sp³-hybridized carbons (Fsp3) is 0.737. The molecule has 0 bridgehead atoms. The maximum absolute atomic E-state index is 12.1. The number of H-pyrrole nitrogens is 1. The summed E-state index contributed by atoms with van der Waals surface area (Å²) in [6.45, 7) is 9.31. The minimum Gasteiger partial charge on any atom is -0.460 e. The van der Waals surface area contributed by atoms with Crippen molar-refractivity contribution in [1.82, 2.24) is 14.9 Å². The molecule has 1 aromatic rings. The highest BCUT2D eigenvalue weighted by Gasteiger charge is 2.27. The number of nitrogens with zero attached hydrogens (tertiary/aromatic N) is 3. The van der Waals surface area contributed by atoms with Gasteiger partial charge in [-0.05, 0) is 52.9 Å². The predicted octanol–water partition coefficient (Wildman–Crippen LogP) is 2.69. The summed E-state index contributed by atoms with van der Waals surface area (Å²) in [6.07, 6.45) is 5.32. The summed E-state index contributed by atoms with van der Waals surface area (Å²) in [5.41, 5.74) is 0.463. The van der Waals surface area contributed by atoms with E-state index in [0.29, 0.717) is 0 Å². The molecule has 2 saturated heterocycles. The van der Waals surface area contributed by atoms with Gasteiger partial charge >= 0.3 is 0 Å². The van der Waals surface area contributed by atoms with Gasteiger partial charge in [0.25, 0.3) is 11.6 Å².